The van der Waals surface area contributed by atoms with Gasteiger partial charge in [-0.2, -0.15) is 18.4 Å². The van der Waals surface area contributed by atoms with E-state index in [1.807, 2.05) is 19.9 Å². The van der Waals surface area contributed by atoms with Crippen molar-refractivity contribution in [2.75, 3.05) is 6.54 Å². The van der Waals surface area contributed by atoms with Crippen molar-refractivity contribution in [3.05, 3.63) is 53.7 Å². The van der Waals surface area contributed by atoms with Gasteiger partial charge < -0.3 is 20.5 Å². The topological polar surface area (TPSA) is 124 Å². The van der Waals surface area contributed by atoms with E-state index in [0.29, 0.717) is 22.8 Å². The zero-order valence-electron chi connectivity index (χ0n) is 17.9. The number of nitrogens with zero attached hydrogens (tertiary/aromatic N) is 2. The van der Waals surface area contributed by atoms with Gasteiger partial charge in [-0.15, -0.1) is 0 Å². The first-order chi connectivity index (χ1) is 15.4. The van der Waals surface area contributed by atoms with Crippen LogP contribution in [0.2, 0.25) is 0 Å². The summed E-state index contributed by atoms with van der Waals surface area (Å²) in [5.41, 5.74) is 0.745. The second-order valence-electron chi connectivity index (χ2n) is 7.75. The summed E-state index contributed by atoms with van der Waals surface area (Å²) in [7, 11) is 0. The highest BCUT2D eigenvalue weighted by Crippen LogP contribution is 2.22. The number of hydrogen-bond acceptors (Lipinski definition) is 6. The maximum Gasteiger partial charge on any atom is 0.490 e. The third kappa shape index (κ3) is 7.76. The molecule has 1 saturated heterocycles. The molecule has 1 aromatic carbocycles. The number of rotatable bonds is 5. The van der Waals surface area contributed by atoms with E-state index in [9.17, 15) is 18.0 Å². The number of hydrogen-bond donors (Lipinski definition) is 3. The van der Waals surface area contributed by atoms with E-state index in [0.717, 1.165) is 19.4 Å². The van der Waals surface area contributed by atoms with Gasteiger partial charge in [0.2, 0.25) is 5.88 Å². The number of amides is 1. The highest BCUT2D eigenvalue weighted by molar-refractivity contribution is 5.94. The molecule has 2 heterocycles. The number of carbonyl (C=O) groups is 2. The monoisotopic (exact) mass is 464 g/mol. The number of halogens is 3. The van der Waals surface area contributed by atoms with Crippen molar-refractivity contribution in [1.82, 2.24) is 15.6 Å². The highest BCUT2D eigenvalue weighted by Gasteiger charge is 2.38. The average Bonchev–Trinajstić information content (AvgIpc) is 3.30. The Morgan fingerprint density at radius 2 is 1.85 bits per heavy atom. The molecule has 1 atom stereocenters. The minimum atomic E-state index is -5.08. The maximum absolute atomic E-state index is 12.5. The van der Waals surface area contributed by atoms with Crippen LogP contribution in [-0.4, -0.2) is 46.3 Å². The number of nitrogens with one attached hydrogen (secondary N) is 2. The Labute approximate surface area is 188 Å². The number of aromatic nitrogens is 1. The van der Waals surface area contributed by atoms with Crippen LogP contribution in [0.5, 0.6) is 11.6 Å². The summed E-state index contributed by atoms with van der Waals surface area (Å²) in [6.07, 6.45) is -1.42. The van der Waals surface area contributed by atoms with Gasteiger partial charge in [0.15, 0.2) is 0 Å². The van der Waals surface area contributed by atoms with Crippen molar-refractivity contribution in [3.63, 3.8) is 0 Å². The first kappa shape index (κ1) is 25.6. The Balaban J connectivity index is 0.000000479. The van der Waals surface area contributed by atoms with Crippen LogP contribution in [0.15, 0.2) is 42.6 Å². The fourth-order valence-corrected chi connectivity index (χ4v) is 3.05. The van der Waals surface area contributed by atoms with Crippen molar-refractivity contribution < 1.29 is 32.6 Å². The molecule has 0 bridgehead atoms. The minimum absolute atomic E-state index is 0.105. The SMILES string of the molecule is CC(C)(NC(=O)c1ccc(Oc2ccc(C#N)cn2)cc1)C1CCCN1.O=C(O)C(F)(F)F. The average molecular weight is 464 g/mol. The van der Waals surface area contributed by atoms with E-state index >= 15 is 0 Å². The zero-order valence-corrected chi connectivity index (χ0v) is 17.9. The van der Waals surface area contributed by atoms with Crippen LogP contribution >= 0.6 is 0 Å². The number of alkyl halides is 3. The molecule has 8 nitrogen and oxygen atoms in total. The third-order valence-corrected chi connectivity index (χ3v) is 4.81. The lowest BCUT2D eigenvalue weighted by Crippen LogP contribution is -2.55. The molecule has 0 aliphatic carbocycles. The normalized spacial score (nSPS) is 15.6. The fraction of sp³-hybridized carbons (Fsp3) is 0.364. The largest absolute Gasteiger partial charge is 0.490 e. The van der Waals surface area contributed by atoms with Crippen LogP contribution in [0.3, 0.4) is 0 Å². The van der Waals surface area contributed by atoms with Crippen molar-refractivity contribution in [2.45, 2.75) is 44.4 Å². The Kier molecular flexibility index (Phi) is 8.37. The summed E-state index contributed by atoms with van der Waals surface area (Å²) in [6.45, 7) is 5.09. The van der Waals surface area contributed by atoms with Gasteiger partial charge in [-0.05, 0) is 63.6 Å². The number of nitriles is 1. The van der Waals surface area contributed by atoms with Crippen molar-refractivity contribution >= 4 is 11.9 Å². The predicted molar refractivity (Wildman–Crippen MR) is 112 cm³/mol. The number of pyridine rings is 1. The van der Waals surface area contributed by atoms with Crippen LogP contribution in [0.4, 0.5) is 13.2 Å². The van der Waals surface area contributed by atoms with Crippen molar-refractivity contribution in [2.24, 2.45) is 0 Å². The molecule has 1 fully saturated rings. The molecule has 3 rings (SSSR count). The Morgan fingerprint density at radius 3 is 2.30 bits per heavy atom. The molecule has 0 radical (unpaired) electrons. The third-order valence-electron chi connectivity index (χ3n) is 4.81. The second-order valence-corrected chi connectivity index (χ2v) is 7.75. The van der Waals surface area contributed by atoms with Crippen LogP contribution in [0.25, 0.3) is 0 Å². The number of benzene rings is 1. The quantitative estimate of drug-likeness (QED) is 0.617. The predicted octanol–water partition coefficient (Wildman–Crippen LogP) is 3.64. The first-order valence-electron chi connectivity index (χ1n) is 9.92. The Hall–Kier alpha value is -3.65. The van der Waals surface area contributed by atoms with Crippen LogP contribution < -0.4 is 15.4 Å². The summed E-state index contributed by atoms with van der Waals surface area (Å²) in [5, 5.41) is 22.5. The lowest BCUT2D eigenvalue weighted by molar-refractivity contribution is -0.192. The number of carboxylic acid groups (broad SMARTS) is 1. The molecule has 3 N–H and O–H groups in total. The van der Waals surface area contributed by atoms with Crippen LogP contribution in [-0.2, 0) is 4.79 Å². The van der Waals surface area contributed by atoms with Gasteiger partial charge in [0.05, 0.1) is 5.56 Å². The Morgan fingerprint density at radius 1 is 1.21 bits per heavy atom. The molecule has 1 aromatic heterocycles. The van der Waals surface area contributed by atoms with Gasteiger partial charge >= 0.3 is 12.1 Å². The zero-order chi connectivity index (χ0) is 24.6. The summed E-state index contributed by atoms with van der Waals surface area (Å²) in [5.74, 6) is -1.88. The number of aliphatic carboxylic acids is 1. The molecule has 1 aliphatic heterocycles. The lowest BCUT2D eigenvalue weighted by atomic mass is 9.93. The second kappa shape index (κ2) is 10.8. The molecule has 11 heteroatoms. The molecule has 0 saturated carbocycles. The molecular weight excluding hydrogens is 441 g/mol. The molecule has 1 amide bonds. The van der Waals surface area contributed by atoms with Crippen LogP contribution in [0.1, 0.15) is 42.6 Å². The fourth-order valence-electron chi connectivity index (χ4n) is 3.05. The van der Waals surface area contributed by atoms with E-state index in [4.69, 9.17) is 19.9 Å². The number of carboxylic acids is 1. The van der Waals surface area contributed by atoms with Gasteiger partial charge in [0.1, 0.15) is 11.8 Å². The molecule has 0 spiro atoms. The smallest absolute Gasteiger partial charge is 0.475 e. The standard InChI is InChI=1S/C20H22N4O2.C2HF3O2/c1-20(2,17-4-3-11-22-17)24-19(25)15-6-8-16(9-7-15)26-18-10-5-14(12-21)13-23-18;3-2(4,5)1(6)7/h5-10,13,17,22H,3-4,11H2,1-2H3,(H,24,25);(H,6,7). The summed E-state index contributed by atoms with van der Waals surface area (Å²) in [6, 6.07) is 12.5. The van der Waals surface area contributed by atoms with Crippen LogP contribution in [0, 0.1) is 11.3 Å². The molecule has 1 unspecified atom stereocenters. The molecule has 1 aliphatic rings. The summed E-state index contributed by atoms with van der Waals surface area (Å²) >= 11 is 0. The molecular formula is C22H23F3N4O4. The number of ether oxygens (including phenoxy) is 1. The van der Waals surface area contributed by atoms with Gasteiger partial charge in [0.25, 0.3) is 5.91 Å². The maximum atomic E-state index is 12.5. The van der Waals surface area contributed by atoms with E-state index < -0.39 is 12.1 Å². The molecule has 33 heavy (non-hydrogen) atoms. The van der Waals surface area contributed by atoms with Gasteiger partial charge in [-0.3, -0.25) is 4.79 Å². The van der Waals surface area contributed by atoms with E-state index in [1.54, 1.807) is 36.4 Å². The van der Waals surface area contributed by atoms with Crippen molar-refractivity contribution in [1.29, 1.82) is 5.26 Å². The minimum Gasteiger partial charge on any atom is -0.475 e. The Bertz CT molecular complexity index is 994. The molecule has 176 valence electrons. The molecule has 2 aromatic rings. The van der Waals surface area contributed by atoms with E-state index in [1.165, 1.54) is 6.20 Å². The van der Waals surface area contributed by atoms with Gasteiger partial charge in [-0.1, -0.05) is 0 Å². The number of carbonyl (C=O) groups excluding carboxylic acids is 1. The van der Waals surface area contributed by atoms with E-state index in [2.05, 4.69) is 15.6 Å². The van der Waals surface area contributed by atoms with Gasteiger partial charge in [-0.25, -0.2) is 9.78 Å². The lowest BCUT2D eigenvalue weighted by Gasteiger charge is -2.33. The highest BCUT2D eigenvalue weighted by atomic mass is 19.4. The first-order valence-corrected chi connectivity index (χ1v) is 9.92. The summed E-state index contributed by atoms with van der Waals surface area (Å²) < 4.78 is 37.4. The van der Waals surface area contributed by atoms with E-state index in [-0.39, 0.29) is 17.5 Å². The summed E-state index contributed by atoms with van der Waals surface area (Å²) in [4.78, 5) is 25.5. The van der Waals surface area contributed by atoms with Gasteiger partial charge in [0, 0.05) is 29.4 Å². The van der Waals surface area contributed by atoms with Crippen molar-refractivity contribution in [3.8, 4) is 17.7 Å².